The Hall–Kier alpha value is 1.67. The van der Waals surface area contributed by atoms with E-state index >= 15 is 0 Å². The average Bonchev–Trinajstić information content (AvgIpc) is 2.08. The number of rotatable bonds is 0. The van der Waals surface area contributed by atoms with Gasteiger partial charge in [0.15, 0.2) is 0 Å². The first-order valence-corrected chi connectivity index (χ1v) is 6.92. The number of phenolic OH excluding ortho intramolecular Hbond substituents is 1. The smallest absolute Gasteiger partial charge is 0.145 e. The molecule has 0 fully saturated rings. The Balaban J connectivity index is 3.60. The molecule has 1 aromatic rings. The van der Waals surface area contributed by atoms with Gasteiger partial charge in [0.25, 0.3) is 0 Å². The largest absolute Gasteiger partial charge is 0.506 e. The molecule has 0 aliphatic rings. The molecule has 1 aromatic carbocycles. The molecule has 0 atom stereocenters. The van der Waals surface area contributed by atoms with Gasteiger partial charge in [0.1, 0.15) is 5.75 Å². The second kappa shape index (κ2) is 4.46. The summed E-state index contributed by atoms with van der Waals surface area (Å²) in [6.07, 6.45) is 0. The number of phenols is 1. The molecule has 0 saturated heterocycles. The number of hydrogen-bond acceptors (Lipinski definition) is 1. The van der Waals surface area contributed by atoms with E-state index in [0.717, 1.165) is 17.0 Å². The SMILES string of the molecule is Oc1c(Br)c(Br)c(Br)c(Br)c1I. The summed E-state index contributed by atoms with van der Waals surface area (Å²) in [4.78, 5) is 0. The minimum atomic E-state index is 0.234. The molecule has 1 rings (SSSR count). The zero-order valence-electron chi connectivity index (χ0n) is 5.34. The molecule has 0 bridgehead atoms. The van der Waals surface area contributed by atoms with Crippen molar-refractivity contribution in [2.45, 2.75) is 0 Å². The van der Waals surface area contributed by atoms with Crippen molar-refractivity contribution in [1.29, 1.82) is 0 Å². The van der Waals surface area contributed by atoms with Gasteiger partial charge in [-0.2, -0.15) is 0 Å². The minimum Gasteiger partial charge on any atom is -0.506 e. The van der Waals surface area contributed by atoms with E-state index in [2.05, 4.69) is 86.3 Å². The van der Waals surface area contributed by atoms with E-state index in [4.69, 9.17) is 0 Å². The van der Waals surface area contributed by atoms with Crippen LogP contribution in [0.5, 0.6) is 5.75 Å². The number of aromatic hydroxyl groups is 1. The molecule has 0 aliphatic carbocycles. The minimum absolute atomic E-state index is 0.234. The summed E-state index contributed by atoms with van der Waals surface area (Å²) >= 11 is 15.4. The van der Waals surface area contributed by atoms with E-state index < -0.39 is 0 Å². The zero-order chi connectivity index (χ0) is 9.46. The number of hydrogen-bond donors (Lipinski definition) is 1. The maximum Gasteiger partial charge on any atom is 0.145 e. The van der Waals surface area contributed by atoms with Gasteiger partial charge in [-0.05, 0) is 86.3 Å². The van der Waals surface area contributed by atoms with Crippen molar-refractivity contribution in [3.05, 3.63) is 21.5 Å². The van der Waals surface area contributed by atoms with Gasteiger partial charge in [-0.1, -0.05) is 0 Å². The molecule has 0 aromatic heterocycles. The molecule has 6 heteroatoms. The fraction of sp³-hybridized carbons (Fsp3) is 0. The molecule has 66 valence electrons. The molecule has 0 heterocycles. The fourth-order valence-corrected chi connectivity index (χ4v) is 3.97. The predicted molar refractivity (Wildman–Crippen MR) is 71.6 cm³/mol. The van der Waals surface area contributed by atoms with Gasteiger partial charge < -0.3 is 5.11 Å². The summed E-state index contributed by atoms with van der Waals surface area (Å²) in [7, 11) is 0. The molecule has 0 radical (unpaired) electrons. The summed E-state index contributed by atoms with van der Waals surface area (Å²) in [5.74, 6) is 0.234. The first-order valence-electron chi connectivity index (χ1n) is 2.67. The molecular formula is C6HBr4IO. The van der Waals surface area contributed by atoms with Crippen molar-refractivity contribution in [2.75, 3.05) is 0 Å². The van der Waals surface area contributed by atoms with Crippen LogP contribution in [0.15, 0.2) is 17.9 Å². The Morgan fingerprint density at radius 1 is 0.833 bits per heavy atom. The zero-order valence-corrected chi connectivity index (χ0v) is 13.8. The van der Waals surface area contributed by atoms with Gasteiger partial charge in [0, 0.05) is 4.47 Å². The second-order valence-corrected chi connectivity index (χ2v) is 6.17. The van der Waals surface area contributed by atoms with Crippen molar-refractivity contribution < 1.29 is 5.11 Å². The van der Waals surface area contributed by atoms with Crippen molar-refractivity contribution in [1.82, 2.24) is 0 Å². The van der Waals surface area contributed by atoms with Crippen molar-refractivity contribution in [2.24, 2.45) is 0 Å². The molecule has 0 saturated carbocycles. The number of benzene rings is 1. The topological polar surface area (TPSA) is 20.2 Å². The lowest BCUT2D eigenvalue weighted by atomic mass is 10.3. The summed E-state index contributed by atoms with van der Waals surface area (Å²) in [5, 5.41) is 9.56. The Morgan fingerprint density at radius 2 is 1.25 bits per heavy atom. The average molecular weight is 536 g/mol. The van der Waals surface area contributed by atoms with Crippen molar-refractivity contribution >= 4 is 86.3 Å². The highest BCUT2D eigenvalue weighted by molar-refractivity contribution is 14.1. The van der Waals surface area contributed by atoms with Crippen LogP contribution in [0.1, 0.15) is 0 Å². The van der Waals surface area contributed by atoms with Crippen LogP contribution in [0.25, 0.3) is 0 Å². The monoisotopic (exact) mass is 532 g/mol. The molecule has 12 heavy (non-hydrogen) atoms. The third-order valence-corrected chi connectivity index (χ3v) is 7.73. The predicted octanol–water partition coefficient (Wildman–Crippen LogP) is 5.05. The Kier molecular flexibility index (Phi) is 4.36. The Labute approximate surface area is 117 Å². The first-order chi connectivity index (χ1) is 5.46. The highest BCUT2D eigenvalue weighted by atomic mass is 127. The summed E-state index contributed by atoms with van der Waals surface area (Å²) in [6.45, 7) is 0. The van der Waals surface area contributed by atoms with E-state index in [1.54, 1.807) is 0 Å². The third-order valence-electron chi connectivity index (χ3n) is 1.19. The lowest BCUT2D eigenvalue weighted by molar-refractivity contribution is 0.467. The van der Waals surface area contributed by atoms with Crippen LogP contribution < -0.4 is 0 Å². The maximum absolute atomic E-state index is 9.56. The maximum atomic E-state index is 9.56. The summed E-state index contributed by atoms with van der Waals surface area (Å²) < 4.78 is 3.95. The molecule has 0 unspecified atom stereocenters. The van der Waals surface area contributed by atoms with Gasteiger partial charge >= 0.3 is 0 Å². The highest BCUT2D eigenvalue weighted by Gasteiger charge is 2.16. The van der Waals surface area contributed by atoms with Gasteiger partial charge in [-0.25, -0.2) is 0 Å². The van der Waals surface area contributed by atoms with E-state index in [0.29, 0.717) is 4.47 Å². The van der Waals surface area contributed by atoms with Crippen LogP contribution >= 0.6 is 86.3 Å². The molecular weight excluding hydrogens is 535 g/mol. The lowest BCUT2D eigenvalue weighted by Crippen LogP contribution is -1.83. The summed E-state index contributed by atoms with van der Waals surface area (Å²) in [6, 6.07) is 0. The van der Waals surface area contributed by atoms with E-state index in [1.807, 2.05) is 0 Å². The molecule has 0 amide bonds. The molecule has 1 nitrogen and oxygen atoms in total. The third kappa shape index (κ3) is 2.02. The van der Waals surface area contributed by atoms with Crippen LogP contribution in [0.2, 0.25) is 0 Å². The van der Waals surface area contributed by atoms with Crippen LogP contribution in [0.4, 0.5) is 0 Å². The van der Waals surface area contributed by atoms with Gasteiger partial charge in [0.2, 0.25) is 0 Å². The van der Waals surface area contributed by atoms with E-state index in [1.165, 1.54) is 0 Å². The lowest BCUT2D eigenvalue weighted by Gasteiger charge is -2.07. The standard InChI is InChI=1S/C6HBr4IO/c7-1-2(8)4(10)6(12)5(11)3(1)9/h12H. The Bertz CT molecular complexity index is 234. The Morgan fingerprint density at radius 3 is 1.75 bits per heavy atom. The van der Waals surface area contributed by atoms with Crippen molar-refractivity contribution in [3.63, 3.8) is 0 Å². The summed E-state index contributed by atoms with van der Waals surface area (Å²) in [5.41, 5.74) is 0. The first kappa shape index (κ1) is 11.7. The van der Waals surface area contributed by atoms with Crippen LogP contribution in [0.3, 0.4) is 0 Å². The van der Waals surface area contributed by atoms with Gasteiger partial charge in [0.05, 0.1) is 17.0 Å². The van der Waals surface area contributed by atoms with Crippen LogP contribution in [-0.4, -0.2) is 5.11 Å². The van der Waals surface area contributed by atoms with Crippen LogP contribution in [0, 0.1) is 3.57 Å². The normalized spacial score (nSPS) is 10.4. The van der Waals surface area contributed by atoms with Crippen LogP contribution in [-0.2, 0) is 0 Å². The highest BCUT2D eigenvalue weighted by Crippen LogP contribution is 2.45. The fourth-order valence-electron chi connectivity index (χ4n) is 0.593. The second-order valence-electron chi connectivity index (χ2n) is 1.92. The molecule has 1 N–H and O–H groups in total. The quantitative estimate of drug-likeness (QED) is 0.280. The van der Waals surface area contributed by atoms with Crippen molar-refractivity contribution in [3.8, 4) is 5.75 Å². The van der Waals surface area contributed by atoms with E-state index in [9.17, 15) is 5.11 Å². The molecule has 0 aliphatic heterocycles. The van der Waals surface area contributed by atoms with Gasteiger partial charge in [-0.3, -0.25) is 0 Å². The number of halogens is 5. The molecule has 0 spiro atoms. The van der Waals surface area contributed by atoms with Gasteiger partial charge in [-0.15, -0.1) is 0 Å². The van der Waals surface area contributed by atoms with E-state index in [-0.39, 0.29) is 5.75 Å².